The van der Waals surface area contributed by atoms with Gasteiger partial charge in [-0.05, 0) is 24.1 Å². The number of hydrogen-bond acceptors (Lipinski definition) is 1. The third-order valence-electron chi connectivity index (χ3n) is 2.26. The average Bonchev–Trinajstić information content (AvgIpc) is 2.76. The predicted molar refractivity (Wildman–Crippen MR) is 135 cm³/mol. The molecule has 0 saturated carbocycles. The lowest BCUT2D eigenvalue weighted by molar-refractivity contribution is 0.212. The van der Waals surface area contributed by atoms with Crippen LogP contribution in [0.25, 0.3) is 0 Å². The molecule has 1 nitrogen and oxygen atoms in total. The van der Waals surface area contributed by atoms with Gasteiger partial charge < -0.3 is 4.74 Å². The largest absolute Gasteiger partial charge is 0.490 e. The van der Waals surface area contributed by atoms with Crippen molar-refractivity contribution in [1.82, 2.24) is 0 Å². The fourth-order valence-corrected chi connectivity index (χ4v) is 1.17. The molecule has 0 radical (unpaired) electrons. The van der Waals surface area contributed by atoms with E-state index in [0.717, 1.165) is 0 Å². The second kappa shape index (κ2) is 39.7. The van der Waals surface area contributed by atoms with Crippen LogP contribution in [0.1, 0.15) is 72.9 Å². The standard InChI is InChI=1S/C14H16O.C4H6.C3H8.3C2H6/c1-4-5-9-13(3)15-11-14-10-7-6-8-12(14)2;1-3-4-2;1-3-2;3*1-2/h4-10H,1,3,11H2,2H3;3-4H,1-2H2;3H2,1-2H3;3*1-2H3/b9-5-;;;;;. The molecule has 162 valence electrons. The van der Waals surface area contributed by atoms with Crippen molar-refractivity contribution in [2.75, 3.05) is 0 Å². The Morgan fingerprint density at radius 1 is 0.857 bits per heavy atom. The number of rotatable bonds is 6. The van der Waals surface area contributed by atoms with Crippen LogP contribution in [-0.4, -0.2) is 0 Å². The Balaban J connectivity index is -0.000000113. The smallest absolute Gasteiger partial charge is 0.114 e. The summed E-state index contributed by atoms with van der Waals surface area (Å²) in [6, 6.07) is 8.15. The number of allylic oxidation sites excluding steroid dienone is 5. The van der Waals surface area contributed by atoms with E-state index < -0.39 is 0 Å². The molecule has 0 N–H and O–H groups in total. The number of hydrogen-bond donors (Lipinski definition) is 0. The summed E-state index contributed by atoms with van der Waals surface area (Å²) in [6.45, 7) is 33.0. The van der Waals surface area contributed by atoms with Gasteiger partial charge in [0.2, 0.25) is 0 Å². The molecule has 0 aliphatic rings. The molecule has 0 bridgehead atoms. The second-order valence-electron chi connectivity index (χ2n) is 4.45. The Labute approximate surface area is 178 Å². The van der Waals surface area contributed by atoms with Crippen LogP contribution < -0.4 is 0 Å². The van der Waals surface area contributed by atoms with Crippen molar-refractivity contribution < 1.29 is 4.74 Å². The summed E-state index contributed by atoms with van der Waals surface area (Å²) < 4.78 is 5.48. The average molecular weight is 389 g/mol. The Kier molecular flexibility index (Phi) is 51.9. The highest BCUT2D eigenvalue weighted by molar-refractivity contribution is 5.25. The molecule has 0 saturated heterocycles. The summed E-state index contributed by atoms with van der Waals surface area (Å²) in [5.41, 5.74) is 2.42. The summed E-state index contributed by atoms with van der Waals surface area (Å²) in [5, 5.41) is 0. The molecule has 0 aliphatic heterocycles. The predicted octanol–water partition coefficient (Wildman–Crippen LogP) is 9.62. The van der Waals surface area contributed by atoms with Crippen molar-refractivity contribution in [3.8, 4) is 0 Å². The van der Waals surface area contributed by atoms with Crippen molar-refractivity contribution in [2.24, 2.45) is 0 Å². The molecule has 1 aromatic carbocycles. The lowest BCUT2D eigenvalue weighted by Gasteiger charge is -2.07. The van der Waals surface area contributed by atoms with Crippen molar-refractivity contribution >= 4 is 0 Å². The van der Waals surface area contributed by atoms with Crippen LogP contribution in [0, 0.1) is 6.92 Å². The Morgan fingerprint density at radius 3 is 1.64 bits per heavy atom. The molecule has 0 unspecified atom stereocenters. The molecule has 0 aliphatic carbocycles. The fourth-order valence-electron chi connectivity index (χ4n) is 1.17. The summed E-state index contributed by atoms with van der Waals surface area (Å²) in [4.78, 5) is 0. The second-order valence-corrected chi connectivity index (χ2v) is 4.45. The van der Waals surface area contributed by atoms with Crippen molar-refractivity contribution in [3.63, 3.8) is 0 Å². The zero-order valence-electron chi connectivity index (χ0n) is 20.3. The van der Waals surface area contributed by atoms with Gasteiger partial charge in [0.15, 0.2) is 0 Å². The maximum Gasteiger partial charge on any atom is 0.114 e. The molecular weight excluding hydrogens is 340 g/mol. The Morgan fingerprint density at radius 2 is 1.29 bits per heavy atom. The molecule has 0 atom stereocenters. The van der Waals surface area contributed by atoms with Gasteiger partial charge in [0.25, 0.3) is 0 Å². The van der Waals surface area contributed by atoms with Gasteiger partial charge in [-0.1, -0.05) is 137 Å². The van der Waals surface area contributed by atoms with Gasteiger partial charge in [-0.15, -0.1) is 0 Å². The van der Waals surface area contributed by atoms with Crippen LogP contribution in [0.5, 0.6) is 0 Å². The van der Waals surface area contributed by atoms with E-state index in [2.05, 4.69) is 59.2 Å². The fraction of sp³-hybridized carbons (Fsp3) is 0.407. The van der Waals surface area contributed by atoms with Gasteiger partial charge in [0, 0.05) is 0 Å². The molecule has 0 heterocycles. The lowest BCUT2D eigenvalue weighted by atomic mass is 10.1. The van der Waals surface area contributed by atoms with Crippen LogP contribution >= 0.6 is 0 Å². The summed E-state index contributed by atoms with van der Waals surface area (Å²) in [5.74, 6) is 0.651. The van der Waals surface area contributed by atoms with Crippen LogP contribution in [0.3, 0.4) is 0 Å². The maximum atomic E-state index is 5.48. The monoisotopic (exact) mass is 388 g/mol. The lowest BCUT2D eigenvalue weighted by Crippen LogP contribution is -1.93. The van der Waals surface area contributed by atoms with E-state index in [1.165, 1.54) is 17.5 Å². The van der Waals surface area contributed by atoms with Gasteiger partial charge in [0.05, 0.1) is 0 Å². The van der Waals surface area contributed by atoms with Gasteiger partial charge in [0.1, 0.15) is 12.4 Å². The van der Waals surface area contributed by atoms with Crippen molar-refractivity contribution in [3.05, 3.63) is 97.8 Å². The van der Waals surface area contributed by atoms with E-state index in [-0.39, 0.29) is 0 Å². The minimum absolute atomic E-state index is 0.562. The first-order chi connectivity index (χ1) is 13.6. The van der Waals surface area contributed by atoms with E-state index in [1.807, 2.05) is 53.7 Å². The first-order valence-corrected chi connectivity index (χ1v) is 10.5. The quantitative estimate of drug-likeness (QED) is 0.348. The van der Waals surface area contributed by atoms with Crippen molar-refractivity contribution in [1.29, 1.82) is 0 Å². The minimum atomic E-state index is 0.562. The Hall–Kier alpha value is -2.28. The maximum absolute atomic E-state index is 5.48. The molecular formula is C27H48O. The van der Waals surface area contributed by atoms with Crippen LogP contribution in [0.4, 0.5) is 0 Å². The third-order valence-corrected chi connectivity index (χ3v) is 2.26. The van der Waals surface area contributed by atoms with Crippen molar-refractivity contribution in [2.45, 2.75) is 75.3 Å². The highest BCUT2D eigenvalue weighted by Gasteiger charge is 1.97. The first-order valence-electron chi connectivity index (χ1n) is 10.5. The SMILES string of the molecule is C=C/C=C\C(=C)OCc1ccccc1C.C=CC=C.CC.CC.CC.CCC. The summed E-state index contributed by atoms with van der Waals surface area (Å²) in [6.07, 6.45) is 9.83. The van der Waals surface area contributed by atoms with E-state index in [9.17, 15) is 0 Å². The van der Waals surface area contributed by atoms with E-state index in [1.54, 1.807) is 30.4 Å². The van der Waals surface area contributed by atoms with Gasteiger partial charge in [-0.25, -0.2) is 0 Å². The Bertz CT molecular complexity index is 461. The van der Waals surface area contributed by atoms with Crippen LogP contribution in [-0.2, 0) is 11.3 Å². The zero-order valence-corrected chi connectivity index (χ0v) is 20.3. The molecule has 1 heteroatoms. The van der Waals surface area contributed by atoms with Crippen LogP contribution in [0.2, 0.25) is 0 Å². The molecule has 0 aromatic heterocycles. The highest BCUT2D eigenvalue weighted by Crippen LogP contribution is 2.10. The van der Waals surface area contributed by atoms with Gasteiger partial charge in [-0.3, -0.25) is 0 Å². The van der Waals surface area contributed by atoms with Crippen LogP contribution in [0.15, 0.2) is 86.7 Å². The zero-order chi connectivity index (χ0) is 23.2. The molecule has 0 fully saturated rings. The first kappa shape index (κ1) is 36.6. The van der Waals surface area contributed by atoms with E-state index in [4.69, 9.17) is 4.74 Å². The highest BCUT2D eigenvalue weighted by atomic mass is 16.5. The molecule has 1 aromatic rings. The molecule has 0 amide bonds. The van der Waals surface area contributed by atoms with E-state index >= 15 is 0 Å². The third kappa shape index (κ3) is 34.9. The minimum Gasteiger partial charge on any atom is -0.490 e. The van der Waals surface area contributed by atoms with Gasteiger partial charge in [-0.2, -0.15) is 0 Å². The van der Waals surface area contributed by atoms with E-state index in [0.29, 0.717) is 12.4 Å². The van der Waals surface area contributed by atoms with Gasteiger partial charge >= 0.3 is 0 Å². The molecule has 28 heavy (non-hydrogen) atoms. The topological polar surface area (TPSA) is 9.23 Å². The molecule has 1 rings (SSSR count). The number of benzene rings is 1. The molecule has 0 spiro atoms. The number of aryl methyl sites for hydroxylation is 1. The number of ether oxygens (including phenoxy) is 1. The normalized spacial score (nSPS) is 7.46. The summed E-state index contributed by atoms with van der Waals surface area (Å²) >= 11 is 0. The summed E-state index contributed by atoms with van der Waals surface area (Å²) in [7, 11) is 0.